The smallest absolute Gasteiger partial charge is 0.243 e. The molecule has 1 aromatic rings. The Bertz CT molecular complexity index is 485. The molecule has 0 spiro atoms. The molecule has 0 aromatic carbocycles. The number of hydrogen-bond donors (Lipinski definition) is 1. The van der Waals surface area contributed by atoms with E-state index in [1.165, 1.54) is 11.3 Å². The van der Waals surface area contributed by atoms with Crippen LogP contribution in [0.1, 0.15) is 18.7 Å². The van der Waals surface area contributed by atoms with Crippen molar-refractivity contribution in [3.05, 3.63) is 16.3 Å². The van der Waals surface area contributed by atoms with Crippen LogP contribution in [0.25, 0.3) is 0 Å². The first-order valence-electron chi connectivity index (χ1n) is 5.63. The number of nitrogens with zero attached hydrogens (tertiary/aromatic N) is 1. The highest BCUT2D eigenvalue weighted by molar-refractivity contribution is 7.89. The molecule has 0 aliphatic carbocycles. The van der Waals surface area contributed by atoms with E-state index in [9.17, 15) is 8.42 Å². The van der Waals surface area contributed by atoms with Crippen LogP contribution >= 0.6 is 11.3 Å². The summed E-state index contributed by atoms with van der Waals surface area (Å²) >= 11 is 1.28. The lowest BCUT2D eigenvalue weighted by molar-refractivity contribution is 0.285. The molecule has 0 radical (unpaired) electrons. The molecule has 1 saturated heterocycles. The van der Waals surface area contributed by atoms with Gasteiger partial charge in [-0.15, -0.1) is 11.3 Å². The maximum atomic E-state index is 12.3. The van der Waals surface area contributed by atoms with Crippen molar-refractivity contribution in [1.29, 1.82) is 0 Å². The zero-order chi connectivity index (χ0) is 12.6. The van der Waals surface area contributed by atoms with Crippen LogP contribution in [0.2, 0.25) is 0 Å². The molecule has 1 aromatic heterocycles. The SMILES string of the molecule is CC1CN(S(=O)(=O)c2csc(CO)c2)CC1C. The van der Waals surface area contributed by atoms with Gasteiger partial charge in [0.1, 0.15) is 0 Å². The van der Waals surface area contributed by atoms with Gasteiger partial charge in [-0.25, -0.2) is 8.42 Å². The fourth-order valence-corrected chi connectivity index (χ4v) is 4.76. The van der Waals surface area contributed by atoms with Crippen LogP contribution in [-0.4, -0.2) is 30.9 Å². The van der Waals surface area contributed by atoms with Gasteiger partial charge < -0.3 is 5.11 Å². The largest absolute Gasteiger partial charge is 0.391 e. The van der Waals surface area contributed by atoms with Gasteiger partial charge in [0.25, 0.3) is 0 Å². The minimum Gasteiger partial charge on any atom is -0.391 e. The number of aliphatic hydroxyl groups is 1. The molecule has 0 amide bonds. The predicted octanol–water partition coefficient (Wildman–Crippen LogP) is 1.52. The Balaban J connectivity index is 2.25. The number of hydrogen-bond acceptors (Lipinski definition) is 4. The highest BCUT2D eigenvalue weighted by Gasteiger charge is 2.35. The molecular formula is C11H17NO3S2. The zero-order valence-electron chi connectivity index (χ0n) is 9.96. The van der Waals surface area contributed by atoms with Gasteiger partial charge in [-0.2, -0.15) is 4.31 Å². The van der Waals surface area contributed by atoms with Crippen molar-refractivity contribution in [2.45, 2.75) is 25.3 Å². The Labute approximate surface area is 106 Å². The molecular weight excluding hydrogens is 258 g/mol. The first kappa shape index (κ1) is 13.0. The van der Waals surface area contributed by atoms with Gasteiger partial charge >= 0.3 is 0 Å². The fourth-order valence-electron chi connectivity index (χ4n) is 2.00. The predicted molar refractivity (Wildman–Crippen MR) is 67.3 cm³/mol. The lowest BCUT2D eigenvalue weighted by Crippen LogP contribution is -2.28. The van der Waals surface area contributed by atoms with Crippen LogP contribution in [0.3, 0.4) is 0 Å². The Morgan fingerprint density at radius 3 is 2.47 bits per heavy atom. The van der Waals surface area contributed by atoms with E-state index in [1.54, 1.807) is 15.8 Å². The summed E-state index contributed by atoms with van der Waals surface area (Å²) in [6, 6.07) is 1.56. The van der Waals surface area contributed by atoms with Gasteiger partial charge in [-0.1, -0.05) is 13.8 Å². The molecule has 6 heteroatoms. The van der Waals surface area contributed by atoms with E-state index in [0.29, 0.717) is 34.7 Å². The first-order valence-corrected chi connectivity index (χ1v) is 7.95. The second-order valence-electron chi connectivity index (χ2n) is 4.68. The summed E-state index contributed by atoms with van der Waals surface area (Å²) in [5.41, 5.74) is 0. The van der Waals surface area contributed by atoms with Crippen LogP contribution in [0.5, 0.6) is 0 Å². The number of aliphatic hydroxyl groups excluding tert-OH is 1. The molecule has 2 unspecified atom stereocenters. The molecule has 2 heterocycles. The molecule has 4 nitrogen and oxygen atoms in total. The van der Waals surface area contributed by atoms with Gasteiger partial charge in [0.15, 0.2) is 0 Å². The number of sulfonamides is 1. The van der Waals surface area contributed by atoms with Crippen LogP contribution < -0.4 is 0 Å². The van der Waals surface area contributed by atoms with Crippen molar-refractivity contribution in [3.8, 4) is 0 Å². The van der Waals surface area contributed by atoms with E-state index in [2.05, 4.69) is 13.8 Å². The molecule has 1 N–H and O–H groups in total. The average molecular weight is 275 g/mol. The lowest BCUT2D eigenvalue weighted by atomic mass is 10.0. The second kappa shape index (κ2) is 4.68. The summed E-state index contributed by atoms with van der Waals surface area (Å²) in [5, 5.41) is 10.6. The minimum atomic E-state index is -3.36. The summed E-state index contributed by atoms with van der Waals surface area (Å²) in [5.74, 6) is 0.807. The monoisotopic (exact) mass is 275 g/mol. The minimum absolute atomic E-state index is 0.104. The van der Waals surface area contributed by atoms with E-state index in [0.717, 1.165) is 0 Å². The normalized spacial score (nSPS) is 26.5. The van der Waals surface area contributed by atoms with E-state index >= 15 is 0 Å². The zero-order valence-corrected chi connectivity index (χ0v) is 11.6. The quantitative estimate of drug-likeness (QED) is 0.910. The number of thiophene rings is 1. The van der Waals surface area contributed by atoms with Crippen LogP contribution in [0.15, 0.2) is 16.3 Å². The van der Waals surface area contributed by atoms with Gasteiger partial charge in [0.05, 0.1) is 11.5 Å². The molecule has 1 fully saturated rings. The van der Waals surface area contributed by atoms with Crippen molar-refractivity contribution in [3.63, 3.8) is 0 Å². The van der Waals surface area contributed by atoms with Gasteiger partial charge in [0, 0.05) is 23.3 Å². The summed E-state index contributed by atoms with van der Waals surface area (Å²) < 4.78 is 26.2. The topological polar surface area (TPSA) is 57.6 Å². The summed E-state index contributed by atoms with van der Waals surface area (Å²) in [6.07, 6.45) is 0. The molecule has 1 aliphatic heterocycles. The third-order valence-corrected chi connectivity index (χ3v) is 6.26. The summed E-state index contributed by atoms with van der Waals surface area (Å²) in [4.78, 5) is 0.997. The van der Waals surface area contributed by atoms with E-state index in [-0.39, 0.29) is 6.61 Å². The van der Waals surface area contributed by atoms with E-state index < -0.39 is 10.0 Å². The third-order valence-electron chi connectivity index (χ3n) is 3.38. The van der Waals surface area contributed by atoms with Crippen molar-refractivity contribution in [2.75, 3.05) is 13.1 Å². The molecule has 1 aliphatic rings. The first-order chi connectivity index (χ1) is 7.95. The van der Waals surface area contributed by atoms with Crippen molar-refractivity contribution >= 4 is 21.4 Å². The Hall–Kier alpha value is -0.430. The van der Waals surface area contributed by atoms with Gasteiger partial charge in [-0.3, -0.25) is 0 Å². The molecule has 17 heavy (non-hydrogen) atoms. The lowest BCUT2D eigenvalue weighted by Gasteiger charge is -2.14. The highest BCUT2D eigenvalue weighted by atomic mass is 32.2. The maximum absolute atomic E-state index is 12.3. The van der Waals surface area contributed by atoms with E-state index in [4.69, 9.17) is 5.11 Å². The Kier molecular flexibility index (Phi) is 3.58. The Morgan fingerprint density at radius 2 is 2.00 bits per heavy atom. The summed E-state index contributed by atoms with van der Waals surface area (Å²) in [7, 11) is -3.36. The number of rotatable bonds is 3. The fraction of sp³-hybridized carbons (Fsp3) is 0.636. The van der Waals surface area contributed by atoms with E-state index in [1.807, 2.05) is 0 Å². The molecule has 0 saturated carbocycles. The molecule has 0 bridgehead atoms. The van der Waals surface area contributed by atoms with Crippen LogP contribution in [-0.2, 0) is 16.6 Å². The molecule has 2 atom stereocenters. The van der Waals surface area contributed by atoms with Crippen molar-refractivity contribution in [1.82, 2.24) is 4.31 Å². The maximum Gasteiger partial charge on any atom is 0.243 e. The second-order valence-corrected chi connectivity index (χ2v) is 7.62. The molecule has 96 valence electrons. The third kappa shape index (κ3) is 2.40. The average Bonchev–Trinajstić information content (AvgIpc) is 2.87. The van der Waals surface area contributed by atoms with Gasteiger partial charge in [0.2, 0.25) is 10.0 Å². The van der Waals surface area contributed by atoms with Crippen molar-refractivity contribution in [2.24, 2.45) is 11.8 Å². The standard InChI is InChI=1S/C11H17NO3S2/c1-8-4-12(5-9(8)2)17(14,15)11-3-10(6-13)16-7-11/h3,7-9,13H,4-6H2,1-2H3. The Morgan fingerprint density at radius 1 is 1.41 bits per heavy atom. The van der Waals surface area contributed by atoms with Gasteiger partial charge in [-0.05, 0) is 17.9 Å². The summed E-state index contributed by atoms with van der Waals surface area (Å²) in [6.45, 7) is 5.23. The molecule has 2 rings (SSSR count). The van der Waals surface area contributed by atoms with Crippen molar-refractivity contribution < 1.29 is 13.5 Å². The van der Waals surface area contributed by atoms with Crippen LogP contribution in [0.4, 0.5) is 0 Å². The van der Waals surface area contributed by atoms with Crippen LogP contribution in [0, 0.1) is 11.8 Å². The highest BCUT2D eigenvalue weighted by Crippen LogP contribution is 2.29.